The molecule has 150 valence electrons. The van der Waals surface area contributed by atoms with E-state index in [9.17, 15) is 4.79 Å². The molecule has 0 unspecified atom stereocenters. The molecule has 0 spiro atoms. The van der Waals surface area contributed by atoms with Crippen molar-refractivity contribution in [1.82, 2.24) is 9.97 Å². The molecule has 3 aromatic rings. The summed E-state index contributed by atoms with van der Waals surface area (Å²) >= 11 is 0. The number of anilines is 2. The normalized spacial score (nSPS) is 11.2. The third-order valence-corrected chi connectivity index (χ3v) is 4.66. The standard InChI is InChI=1S/C24H28N4O/c1-17-15-21(22(29)26-20-14-10-9-13-19(20)24(2,3)4)27-23(25-17)28(5)16-18-11-7-6-8-12-18/h6-15H,16H2,1-5H3,(H,26,29). The van der Waals surface area contributed by atoms with Crippen LogP contribution >= 0.6 is 0 Å². The first-order chi connectivity index (χ1) is 13.7. The lowest BCUT2D eigenvalue weighted by atomic mass is 9.86. The summed E-state index contributed by atoms with van der Waals surface area (Å²) in [4.78, 5) is 23.9. The van der Waals surface area contributed by atoms with E-state index >= 15 is 0 Å². The van der Waals surface area contributed by atoms with E-state index in [1.165, 1.54) is 0 Å². The van der Waals surface area contributed by atoms with Crippen molar-refractivity contribution in [3.8, 4) is 0 Å². The molecule has 1 heterocycles. The summed E-state index contributed by atoms with van der Waals surface area (Å²) in [6, 6.07) is 19.7. The molecule has 0 aliphatic carbocycles. The molecule has 0 fully saturated rings. The molecule has 0 saturated heterocycles. The lowest BCUT2D eigenvalue weighted by molar-refractivity contribution is 0.102. The van der Waals surface area contributed by atoms with E-state index in [1.54, 1.807) is 6.07 Å². The van der Waals surface area contributed by atoms with Crippen molar-refractivity contribution < 1.29 is 4.79 Å². The van der Waals surface area contributed by atoms with Gasteiger partial charge in [0.05, 0.1) is 0 Å². The van der Waals surface area contributed by atoms with Gasteiger partial charge in [-0.2, -0.15) is 0 Å². The SMILES string of the molecule is Cc1cc(C(=O)Nc2ccccc2C(C)(C)C)nc(N(C)Cc2ccccc2)n1. The van der Waals surface area contributed by atoms with Gasteiger partial charge in [-0.15, -0.1) is 0 Å². The summed E-state index contributed by atoms with van der Waals surface area (Å²) in [5, 5.41) is 3.03. The van der Waals surface area contributed by atoms with Gasteiger partial charge < -0.3 is 10.2 Å². The third-order valence-electron chi connectivity index (χ3n) is 4.66. The van der Waals surface area contributed by atoms with E-state index in [4.69, 9.17) is 0 Å². The monoisotopic (exact) mass is 388 g/mol. The Kier molecular flexibility index (Phi) is 5.97. The fraction of sp³-hybridized carbons (Fsp3) is 0.292. The Balaban J connectivity index is 1.84. The lowest BCUT2D eigenvalue weighted by Gasteiger charge is -2.23. The number of hydrogen-bond acceptors (Lipinski definition) is 4. The van der Waals surface area contributed by atoms with Gasteiger partial charge in [0.1, 0.15) is 5.69 Å². The second-order valence-corrected chi connectivity index (χ2v) is 8.29. The summed E-state index contributed by atoms with van der Waals surface area (Å²) in [6.07, 6.45) is 0. The number of hydrogen-bond donors (Lipinski definition) is 1. The molecule has 1 N–H and O–H groups in total. The molecule has 0 radical (unpaired) electrons. The molecule has 29 heavy (non-hydrogen) atoms. The van der Waals surface area contributed by atoms with E-state index in [2.05, 4.69) is 48.2 Å². The van der Waals surface area contributed by atoms with Gasteiger partial charge in [0.25, 0.3) is 5.91 Å². The van der Waals surface area contributed by atoms with E-state index in [0.29, 0.717) is 18.2 Å². The Morgan fingerprint density at radius 2 is 1.66 bits per heavy atom. The zero-order valence-electron chi connectivity index (χ0n) is 17.7. The Morgan fingerprint density at radius 1 is 1.00 bits per heavy atom. The van der Waals surface area contributed by atoms with Gasteiger partial charge in [-0.05, 0) is 35.6 Å². The number of carbonyl (C=O) groups excluding carboxylic acids is 1. The van der Waals surface area contributed by atoms with Crippen molar-refractivity contribution in [1.29, 1.82) is 0 Å². The zero-order valence-corrected chi connectivity index (χ0v) is 17.7. The largest absolute Gasteiger partial charge is 0.340 e. The van der Waals surface area contributed by atoms with E-state index in [-0.39, 0.29) is 11.3 Å². The quantitative estimate of drug-likeness (QED) is 0.670. The highest BCUT2D eigenvalue weighted by molar-refractivity contribution is 6.03. The van der Waals surface area contributed by atoms with Crippen LogP contribution in [0.5, 0.6) is 0 Å². The Labute approximate surface area is 172 Å². The number of carbonyl (C=O) groups is 1. The van der Waals surface area contributed by atoms with Crippen LogP contribution in [0.1, 0.15) is 48.1 Å². The molecule has 1 aromatic heterocycles. The van der Waals surface area contributed by atoms with Crippen LogP contribution in [0.25, 0.3) is 0 Å². The van der Waals surface area contributed by atoms with Gasteiger partial charge in [0.15, 0.2) is 0 Å². The number of amides is 1. The topological polar surface area (TPSA) is 58.1 Å². The fourth-order valence-corrected chi connectivity index (χ4v) is 3.20. The van der Waals surface area contributed by atoms with E-state index < -0.39 is 0 Å². The summed E-state index contributed by atoms with van der Waals surface area (Å²) < 4.78 is 0. The Morgan fingerprint density at radius 3 is 2.34 bits per heavy atom. The van der Waals surface area contributed by atoms with Gasteiger partial charge in [0.2, 0.25) is 5.95 Å². The van der Waals surface area contributed by atoms with Gasteiger partial charge in [-0.25, -0.2) is 9.97 Å². The van der Waals surface area contributed by atoms with Gasteiger partial charge >= 0.3 is 0 Å². The van der Waals surface area contributed by atoms with Crippen LogP contribution in [0.3, 0.4) is 0 Å². The molecule has 0 aliphatic rings. The molecular formula is C24H28N4O. The first kappa shape index (κ1) is 20.5. The fourth-order valence-electron chi connectivity index (χ4n) is 3.20. The molecule has 5 heteroatoms. The lowest BCUT2D eigenvalue weighted by Crippen LogP contribution is -2.23. The third kappa shape index (κ3) is 5.19. The molecule has 2 aromatic carbocycles. The highest BCUT2D eigenvalue weighted by Gasteiger charge is 2.20. The van der Waals surface area contributed by atoms with Crippen LogP contribution < -0.4 is 10.2 Å². The van der Waals surface area contributed by atoms with Crippen molar-refractivity contribution in [2.45, 2.75) is 39.7 Å². The van der Waals surface area contributed by atoms with Crippen molar-refractivity contribution >= 4 is 17.5 Å². The van der Waals surface area contributed by atoms with Crippen LogP contribution in [0.15, 0.2) is 60.7 Å². The van der Waals surface area contributed by atoms with Crippen LogP contribution in [-0.4, -0.2) is 22.9 Å². The minimum absolute atomic E-state index is 0.0769. The van der Waals surface area contributed by atoms with Gasteiger partial charge in [-0.1, -0.05) is 69.3 Å². The first-order valence-corrected chi connectivity index (χ1v) is 9.75. The molecule has 3 rings (SSSR count). The second kappa shape index (κ2) is 8.43. The first-order valence-electron chi connectivity index (χ1n) is 9.75. The van der Waals surface area contributed by atoms with Gasteiger partial charge in [-0.3, -0.25) is 4.79 Å². The Hall–Kier alpha value is -3.21. The maximum atomic E-state index is 13.0. The molecule has 1 amide bonds. The molecule has 0 bridgehead atoms. The smallest absolute Gasteiger partial charge is 0.274 e. The van der Waals surface area contributed by atoms with Crippen LogP contribution in [0.4, 0.5) is 11.6 Å². The summed E-state index contributed by atoms with van der Waals surface area (Å²) in [5.41, 5.74) is 4.08. The van der Waals surface area contributed by atoms with Crippen molar-refractivity contribution in [2.24, 2.45) is 0 Å². The average molecular weight is 389 g/mol. The number of benzene rings is 2. The molecule has 0 aliphatic heterocycles. The Bertz CT molecular complexity index is 993. The molecule has 0 atom stereocenters. The predicted molar refractivity (Wildman–Crippen MR) is 118 cm³/mol. The van der Waals surface area contributed by atoms with Crippen LogP contribution in [0, 0.1) is 6.92 Å². The highest BCUT2D eigenvalue weighted by atomic mass is 16.1. The maximum Gasteiger partial charge on any atom is 0.274 e. The van der Waals surface area contributed by atoms with Crippen LogP contribution in [0.2, 0.25) is 0 Å². The van der Waals surface area contributed by atoms with E-state index in [0.717, 1.165) is 22.5 Å². The van der Waals surface area contributed by atoms with Crippen molar-refractivity contribution in [3.63, 3.8) is 0 Å². The minimum Gasteiger partial charge on any atom is -0.340 e. The highest BCUT2D eigenvalue weighted by Crippen LogP contribution is 2.29. The second-order valence-electron chi connectivity index (χ2n) is 8.29. The summed E-state index contributed by atoms with van der Waals surface area (Å²) in [7, 11) is 1.93. The predicted octanol–water partition coefficient (Wildman–Crippen LogP) is 4.97. The summed E-state index contributed by atoms with van der Waals surface area (Å²) in [6.45, 7) is 8.93. The maximum absolute atomic E-state index is 13.0. The number of rotatable bonds is 5. The average Bonchev–Trinajstić information content (AvgIpc) is 2.68. The van der Waals surface area contributed by atoms with Gasteiger partial charge in [0, 0.05) is 25.0 Å². The van der Waals surface area contributed by atoms with E-state index in [1.807, 2.05) is 61.3 Å². The number of nitrogens with zero attached hydrogens (tertiary/aromatic N) is 3. The van der Waals surface area contributed by atoms with Crippen molar-refractivity contribution in [2.75, 3.05) is 17.3 Å². The molecular weight excluding hydrogens is 360 g/mol. The molecule has 5 nitrogen and oxygen atoms in total. The summed E-state index contributed by atoms with van der Waals surface area (Å²) in [5.74, 6) is 0.296. The minimum atomic E-state index is -0.235. The van der Waals surface area contributed by atoms with Crippen LogP contribution in [-0.2, 0) is 12.0 Å². The molecule has 0 saturated carbocycles. The number of para-hydroxylation sites is 1. The zero-order chi connectivity index (χ0) is 21.0. The number of nitrogens with one attached hydrogen (secondary N) is 1. The van der Waals surface area contributed by atoms with Crippen molar-refractivity contribution in [3.05, 3.63) is 83.2 Å². The number of aryl methyl sites for hydroxylation is 1. The number of aromatic nitrogens is 2.